The fourth-order valence-electron chi connectivity index (χ4n) is 4.63. The zero-order valence-electron chi connectivity index (χ0n) is 46.0. The Balaban J connectivity index is -0.000000393. The van der Waals surface area contributed by atoms with E-state index in [1.165, 1.54) is 48.7 Å². The molecule has 2 rings (SSSR count). The SMILES string of the molecule is C#CC1COC(C)(OC)C(C)(OC)O1.C#C[C@@H](O)CO.C#C[C@@H](O)COC(=O)C(C)(C)C.C#C[C@H](COC(=O)C(C)(C)C)OC(C)(C)C.CC(=O)C(=[N+]=[N-])P(C)(C)=O.COC1(C)OCC(C=O)OC1(C)OC. The van der Waals surface area contributed by atoms with Gasteiger partial charge in [-0.05, 0) is 103 Å². The Bertz CT molecular complexity index is 1950. The zero-order chi connectivity index (χ0) is 57.8. The number of aliphatic hydroxyl groups is 3. The maximum absolute atomic E-state index is 11.5. The molecule has 412 valence electrons. The molecule has 0 aliphatic carbocycles. The van der Waals surface area contributed by atoms with Gasteiger partial charge in [0.1, 0.15) is 37.6 Å². The number of aldehydes is 1. The number of hydrogen-bond donors (Lipinski definition) is 3. The van der Waals surface area contributed by atoms with Crippen molar-refractivity contribution in [3.63, 3.8) is 0 Å². The highest BCUT2D eigenvalue weighted by atomic mass is 31.2. The van der Waals surface area contributed by atoms with E-state index in [0.29, 0.717) is 12.9 Å². The number of esters is 2. The first-order valence-electron chi connectivity index (χ1n) is 22.1. The number of rotatable bonds is 13. The van der Waals surface area contributed by atoms with Gasteiger partial charge < -0.3 is 82.3 Å². The highest BCUT2D eigenvalue weighted by molar-refractivity contribution is 7.81. The van der Waals surface area contributed by atoms with Gasteiger partial charge in [-0.3, -0.25) is 14.4 Å². The van der Waals surface area contributed by atoms with E-state index >= 15 is 0 Å². The van der Waals surface area contributed by atoms with E-state index in [1.54, 1.807) is 69.2 Å². The van der Waals surface area contributed by atoms with Gasteiger partial charge in [0.25, 0.3) is 0 Å². The molecule has 72 heavy (non-hydrogen) atoms. The zero-order valence-corrected chi connectivity index (χ0v) is 46.9. The Morgan fingerprint density at radius 3 is 1.40 bits per heavy atom. The molecule has 6 unspecified atom stereocenters. The first kappa shape index (κ1) is 74.2. The van der Waals surface area contributed by atoms with Crippen LogP contribution in [-0.4, -0.2) is 184 Å². The van der Waals surface area contributed by atoms with Crippen LogP contribution in [0.1, 0.15) is 96.9 Å². The average Bonchev–Trinajstić information content (AvgIpc) is 3.30. The van der Waals surface area contributed by atoms with E-state index in [9.17, 15) is 23.7 Å². The van der Waals surface area contributed by atoms with Gasteiger partial charge >= 0.3 is 17.4 Å². The van der Waals surface area contributed by atoms with Crippen LogP contribution in [0.25, 0.3) is 5.53 Å². The molecular weight excluding hydrogens is 964 g/mol. The van der Waals surface area contributed by atoms with Gasteiger partial charge in [0.2, 0.25) is 28.9 Å². The number of aliphatic hydroxyl groups excluding tert-OH is 3. The lowest BCUT2D eigenvalue weighted by Crippen LogP contribution is -2.62. The lowest BCUT2D eigenvalue weighted by Gasteiger charge is -2.47. The summed E-state index contributed by atoms with van der Waals surface area (Å²) in [5, 5.41) is 25.0. The molecule has 9 atom stereocenters. The quantitative estimate of drug-likeness (QED) is 0.0449. The molecule has 2 aliphatic rings. The second-order valence-corrected chi connectivity index (χ2v) is 22.4. The number of ether oxygens (including phenoxy) is 11. The molecule has 3 N–H and O–H groups in total. The summed E-state index contributed by atoms with van der Waals surface area (Å²) in [6, 6.07) is 0. The van der Waals surface area contributed by atoms with Gasteiger partial charge in [-0.2, -0.15) is 4.79 Å². The largest absolute Gasteiger partial charge is 0.461 e. The molecule has 0 radical (unpaired) electrons. The highest BCUT2D eigenvalue weighted by Crippen LogP contribution is 2.38. The van der Waals surface area contributed by atoms with Crippen LogP contribution in [0.2, 0.25) is 0 Å². The Morgan fingerprint density at radius 1 is 0.736 bits per heavy atom. The Morgan fingerprint density at radius 2 is 1.14 bits per heavy atom. The minimum atomic E-state index is -2.68. The van der Waals surface area contributed by atoms with Gasteiger partial charge in [0.05, 0.1) is 36.3 Å². The van der Waals surface area contributed by atoms with Gasteiger partial charge in [0, 0.05) is 35.4 Å². The third-order valence-electron chi connectivity index (χ3n) is 9.44. The molecule has 21 nitrogen and oxygen atoms in total. The Kier molecular flexibility index (Phi) is 34.5. The number of ketones is 1. The lowest BCUT2D eigenvalue weighted by molar-refractivity contribution is -0.424. The molecule has 0 aromatic rings. The first-order valence-corrected chi connectivity index (χ1v) is 24.7. The van der Waals surface area contributed by atoms with Crippen LogP contribution in [0.4, 0.5) is 0 Å². The van der Waals surface area contributed by atoms with Gasteiger partial charge in [-0.15, -0.1) is 25.7 Å². The summed E-state index contributed by atoms with van der Waals surface area (Å²) in [5.74, 6) is 3.82. The van der Waals surface area contributed by atoms with Crippen molar-refractivity contribution in [3.05, 3.63) is 5.53 Å². The molecule has 22 heteroatoms. The van der Waals surface area contributed by atoms with E-state index < -0.39 is 77.4 Å². The lowest BCUT2D eigenvalue weighted by atomic mass is 9.97. The van der Waals surface area contributed by atoms with Crippen LogP contribution >= 0.6 is 7.14 Å². The molecule has 2 heterocycles. The maximum atomic E-state index is 11.5. The van der Waals surface area contributed by atoms with Crippen molar-refractivity contribution < 1.29 is 96.0 Å². The predicted octanol–water partition coefficient (Wildman–Crippen LogP) is 3.85. The molecule has 0 spiro atoms. The topological polar surface area (TPSA) is 284 Å². The molecular formula is C50H83N2O19P. The van der Waals surface area contributed by atoms with E-state index in [0.717, 1.165) is 0 Å². The number of hydrogen-bond acceptors (Lipinski definition) is 19. The molecule has 2 aliphatic heterocycles. The maximum Gasteiger partial charge on any atom is 0.388 e. The van der Waals surface area contributed by atoms with Crippen molar-refractivity contribution in [1.29, 1.82) is 0 Å². The van der Waals surface area contributed by atoms with Crippen LogP contribution in [0, 0.1) is 60.2 Å². The van der Waals surface area contributed by atoms with Crippen LogP contribution in [-0.2, 0) is 75.8 Å². The van der Waals surface area contributed by atoms with E-state index in [4.69, 9.17) is 92.2 Å². The van der Waals surface area contributed by atoms with E-state index in [-0.39, 0.29) is 49.4 Å². The minimum Gasteiger partial charge on any atom is -0.461 e. The van der Waals surface area contributed by atoms with Crippen molar-refractivity contribution >= 4 is 36.6 Å². The Hall–Kier alpha value is -4.35. The van der Waals surface area contributed by atoms with E-state index in [1.807, 2.05) is 26.7 Å². The van der Waals surface area contributed by atoms with Crippen molar-refractivity contribution in [2.24, 2.45) is 10.8 Å². The summed E-state index contributed by atoms with van der Waals surface area (Å²) in [6.45, 7) is 27.2. The number of terminal acetylenes is 4. The summed E-state index contributed by atoms with van der Waals surface area (Å²) in [4.78, 5) is 46.4. The molecule has 0 aromatic carbocycles. The highest BCUT2D eigenvalue weighted by Gasteiger charge is 2.54. The minimum absolute atomic E-state index is 0.101. The normalized spacial score (nSPS) is 24.7. The van der Waals surface area contributed by atoms with Crippen molar-refractivity contribution in [3.8, 4) is 49.4 Å². The fraction of sp³-hybridized carbons (Fsp3) is 0.740. The predicted molar refractivity (Wildman–Crippen MR) is 268 cm³/mol. The third kappa shape index (κ3) is 28.2. The Labute approximate surface area is 428 Å². The molecule has 0 aromatic heterocycles. The molecule has 0 saturated carbocycles. The van der Waals surface area contributed by atoms with E-state index in [2.05, 4.69) is 29.0 Å². The molecule has 2 saturated heterocycles. The van der Waals surface area contributed by atoms with Gasteiger partial charge in [-0.1, -0.05) is 23.7 Å². The smallest absolute Gasteiger partial charge is 0.388 e. The third-order valence-corrected chi connectivity index (χ3v) is 10.9. The van der Waals surface area contributed by atoms with Crippen LogP contribution in [0.5, 0.6) is 0 Å². The second-order valence-electron chi connectivity index (χ2n) is 19.2. The number of carbonyl (C=O) groups excluding carboxylic acids is 4. The summed E-state index contributed by atoms with van der Waals surface area (Å²) >= 11 is 0. The van der Waals surface area contributed by atoms with Crippen LogP contribution in [0.3, 0.4) is 0 Å². The summed E-state index contributed by atoms with van der Waals surface area (Å²) in [6.07, 6.45) is 17.3. The standard InChI is InChI=1S/C13H22O3.C10H16O4.C9H16O5.C9H14O3.C5H9N2O2P.C4H6O2/c1-8-10(16-13(5,6)7)9-15-11(14)12(2,3)4;1-6-8-7-13-9(2,11-4)10(3,12-5)14-8;1-8(11-3)9(2,12-4)14-7(5-10)6-13-8;1-5-7(10)6-12-8(11)9(2,3)4;1-4(8)5(7-6)10(2,3)9;1-2-4(6)3-5/h1,10H,9H2,2-7H3;1,8H,7H2,2-5H3;5,7H,6H2,1-4H3;1,7,10H,6H2,2-4H3;1-3H3;1,4-6H,3H2/t10-;;;7-;;4-/m1..1.1/s1. The summed E-state index contributed by atoms with van der Waals surface area (Å²) in [7, 11) is 3.37. The monoisotopic (exact) mass is 1050 g/mol. The molecule has 0 bridgehead atoms. The number of methoxy groups -OCH3 is 4. The van der Waals surface area contributed by atoms with Crippen LogP contribution in [0.15, 0.2) is 0 Å². The molecule has 0 amide bonds. The van der Waals surface area contributed by atoms with Gasteiger partial charge in [0.15, 0.2) is 19.5 Å². The first-order chi connectivity index (χ1) is 32.7. The fourth-order valence-corrected chi connectivity index (χ4v) is 5.60. The number of carbonyl (C=O) groups is 4. The van der Waals surface area contributed by atoms with Crippen molar-refractivity contribution in [1.82, 2.24) is 0 Å². The summed E-state index contributed by atoms with van der Waals surface area (Å²) < 4.78 is 69.2. The number of Topliss-reactive ketones (excluding diaryl/α,β-unsaturated/α-hetero) is 1. The van der Waals surface area contributed by atoms with Crippen molar-refractivity contribution in [2.75, 3.05) is 74.8 Å². The van der Waals surface area contributed by atoms with Gasteiger partial charge in [-0.25, -0.2) is 0 Å². The number of nitrogens with zero attached hydrogens (tertiary/aromatic N) is 2. The molecule has 2 fully saturated rings. The second kappa shape index (κ2) is 33.5. The average molecular weight is 1050 g/mol. The van der Waals surface area contributed by atoms with Crippen LogP contribution < -0.4 is 0 Å². The van der Waals surface area contributed by atoms with Crippen molar-refractivity contribution in [2.45, 2.75) is 156 Å². The summed E-state index contributed by atoms with van der Waals surface area (Å²) in [5.41, 5.74) is 6.60.